The van der Waals surface area contributed by atoms with Gasteiger partial charge in [0.25, 0.3) is 11.8 Å². The molecule has 2 aliphatic rings. The molecule has 0 radical (unpaired) electrons. The summed E-state index contributed by atoms with van der Waals surface area (Å²) in [5.41, 5.74) is 1.51. The predicted octanol–water partition coefficient (Wildman–Crippen LogP) is -2.17. The van der Waals surface area contributed by atoms with Gasteiger partial charge in [-0.15, -0.1) is 0 Å². The molecular weight excluding hydrogens is 961 g/mol. The van der Waals surface area contributed by atoms with Crippen LogP contribution in [0.15, 0.2) is 41.6 Å². The minimum Gasteiger partial charge on any atom is -0.479 e. The summed E-state index contributed by atoms with van der Waals surface area (Å²) in [6.07, 6.45) is -15.5. The monoisotopic (exact) mass is 1030 g/mol. The van der Waals surface area contributed by atoms with Gasteiger partial charge in [0, 0.05) is 46.6 Å². The first-order chi connectivity index (χ1) is 34.4. The van der Waals surface area contributed by atoms with E-state index in [0.717, 1.165) is 5.71 Å². The van der Waals surface area contributed by atoms with Gasteiger partial charge >= 0.3 is 17.9 Å². The van der Waals surface area contributed by atoms with Crippen LogP contribution in [0, 0.1) is 0 Å². The molecule has 0 bridgehead atoms. The highest BCUT2D eigenvalue weighted by Crippen LogP contribution is 2.29. The number of aliphatic hydroxyl groups is 6. The summed E-state index contributed by atoms with van der Waals surface area (Å²) >= 11 is 0. The van der Waals surface area contributed by atoms with Gasteiger partial charge in [-0.05, 0) is 49.2 Å². The Kier molecular flexibility index (Phi) is 24.9. The number of aliphatic carboxylic acids is 1. The molecule has 0 aromatic heterocycles. The van der Waals surface area contributed by atoms with Gasteiger partial charge in [-0.3, -0.25) is 24.1 Å². The van der Waals surface area contributed by atoms with Crippen molar-refractivity contribution >= 4 is 35.4 Å². The van der Waals surface area contributed by atoms with Gasteiger partial charge in [0.15, 0.2) is 6.10 Å². The molecule has 26 heteroatoms. The number of ether oxygens (including phenoxy) is 9. The molecule has 402 valence electrons. The number of hydrogen-bond acceptors (Lipinski definition) is 23. The quantitative estimate of drug-likeness (QED) is 0.0174. The van der Waals surface area contributed by atoms with Crippen LogP contribution < -0.4 is 20.1 Å². The Morgan fingerprint density at radius 2 is 1.11 bits per heavy atom. The van der Waals surface area contributed by atoms with Crippen molar-refractivity contribution in [1.29, 1.82) is 0 Å². The van der Waals surface area contributed by atoms with Crippen LogP contribution in [0.3, 0.4) is 0 Å². The summed E-state index contributed by atoms with van der Waals surface area (Å²) in [5.74, 6) is -4.20. The molecule has 0 aliphatic carbocycles. The Bertz CT molecular complexity index is 2090. The highest BCUT2D eigenvalue weighted by Gasteiger charge is 2.48. The Morgan fingerprint density at radius 1 is 0.625 bits per heavy atom. The van der Waals surface area contributed by atoms with Crippen LogP contribution in [0.4, 0.5) is 0 Å². The van der Waals surface area contributed by atoms with Crippen LogP contribution in [-0.2, 0) is 65.6 Å². The first kappa shape index (κ1) is 58.9. The van der Waals surface area contributed by atoms with E-state index in [9.17, 15) is 59.7 Å². The fourth-order valence-electron chi connectivity index (χ4n) is 6.70. The number of oxime groups is 1. The second kappa shape index (κ2) is 30.4. The van der Waals surface area contributed by atoms with E-state index >= 15 is 0 Å². The van der Waals surface area contributed by atoms with Crippen LogP contribution in [-0.4, -0.2) is 217 Å². The molecule has 2 aromatic rings. The van der Waals surface area contributed by atoms with Crippen LogP contribution in [0.2, 0.25) is 0 Å². The van der Waals surface area contributed by atoms with Crippen LogP contribution in [0.5, 0.6) is 11.5 Å². The van der Waals surface area contributed by atoms with Crippen LogP contribution in [0.1, 0.15) is 59.5 Å². The van der Waals surface area contributed by atoms with Crippen molar-refractivity contribution < 1.29 is 107 Å². The topological polar surface area (TPSA) is 359 Å². The summed E-state index contributed by atoms with van der Waals surface area (Å²) < 4.78 is 49.4. The van der Waals surface area contributed by atoms with E-state index in [1.807, 2.05) is 4.90 Å². The number of aliphatic hydroxyl groups excluding tert-OH is 6. The lowest BCUT2D eigenvalue weighted by molar-refractivity contribution is -0.271. The average molecular weight is 1030 g/mol. The Hall–Kier alpha value is -5.62. The maximum absolute atomic E-state index is 13.5. The number of esters is 2. The SMILES string of the molecule is CC(=O)OCc1ccc(O[C@@H]2O[C@H](C(=O)O)[C@@H](O)[C@H](O)[C@H]2O)c(C(=O)NCCOCCN(CCOCCNC(=O)c2cc(COC(C)=O)ccc2O[C@@H]2OC[C@@H](O)[C@H](O)[C@H]2O)CCOCCON=C(C)C)c1. The molecule has 2 amide bonds. The van der Waals surface area contributed by atoms with E-state index in [1.54, 1.807) is 19.9 Å². The molecule has 72 heavy (non-hydrogen) atoms. The molecule has 2 aromatic carbocycles. The number of carboxylic acid groups (broad SMARTS) is 1. The van der Waals surface area contributed by atoms with Crippen molar-refractivity contribution in [3.8, 4) is 11.5 Å². The molecular formula is C46H66N4O22. The molecule has 26 nitrogen and oxygen atoms in total. The maximum Gasteiger partial charge on any atom is 0.335 e. The number of amides is 2. The molecule has 0 saturated carbocycles. The normalized spacial score (nSPS) is 22.8. The van der Waals surface area contributed by atoms with Crippen molar-refractivity contribution in [1.82, 2.24) is 15.5 Å². The Labute approximate surface area is 414 Å². The third-order valence-electron chi connectivity index (χ3n) is 10.5. The molecule has 2 saturated heterocycles. The summed E-state index contributed by atoms with van der Waals surface area (Å²) in [7, 11) is 0. The number of carbonyl (C=O) groups excluding carboxylic acids is 4. The number of rotatable bonds is 30. The number of carboxylic acids is 1. The van der Waals surface area contributed by atoms with E-state index in [1.165, 1.54) is 44.2 Å². The van der Waals surface area contributed by atoms with Crippen molar-refractivity contribution in [2.75, 3.05) is 85.6 Å². The number of nitrogens with one attached hydrogen (secondary N) is 2. The van der Waals surface area contributed by atoms with Gasteiger partial charge in [0.2, 0.25) is 12.6 Å². The molecule has 9 N–H and O–H groups in total. The second-order valence-corrected chi connectivity index (χ2v) is 16.5. The van der Waals surface area contributed by atoms with E-state index in [4.69, 9.17) is 47.5 Å². The summed E-state index contributed by atoms with van der Waals surface area (Å²) in [6.45, 7) is 8.23. The summed E-state index contributed by atoms with van der Waals surface area (Å²) in [6, 6.07) is 8.53. The predicted molar refractivity (Wildman–Crippen MR) is 245 cm³/mol. The van der Waals surface area contributed by atoms with Gasteiger partial charge in [-0.25, -0.2) is 4.79 Å². The zero-order chi connectivity index (χ0) is 52.7. The van der Waals surface area contributed by atoms with Crippen LogP contribution >= 0.6 is 0 Å². The number of hydrogen-bond donors (Lipinski definition) is 9. The molecule has 9 atom stereocenters. The van der Waals surface area contributed by atoms with Gasteiger partial charge < -0.3 is 93.8 Å². The first-order valence-corrected chi connectivity index (χ1v) is 23.0. The molecule has 0 unspecified atom stereocenters. The first-order valence-electron chi connectivity index (χ1n) is 23.0. The second-order valence-electron chi connectivity index (χ2n) is 16.5. The lowest BCUT2D eigenvalue weighted by Gasteiger charge is -2.38. The molecule has 2 fully saturated rings. The molecule has 4 rings (SSSR count). The van der Waals surface area contributed by atoms with Gasteiger partial charge in [0.05, 0.1) is 63.1 Å². The Balaban J connectivity index is 1.29. The summed E-state index contributed by atoms with van der Waals surface area (Å²) in [5, 5.41) is 79.9. The minimum absolute atomic E-state index is 0.00628. The van der Waals surface area contributed by atoms with Crippen LogP contribution in [0.25, 0.3) is 0 Å². The third kappa shape index (κ3) is 19.4. The van der Waals surface area contributed by atoms with Crippen molar-refractivity contribution in [2.45, 2.75) is 96.2 Å². The van der Waals surface area contributed by atoms with E-state index in [0.29, 0.717) is 37.4 Å². The highest BCUT2D eigenvalue weighted by molar-refractivity contribution is 5.97. The third-order valence-corrected chi connectivity index (χ3v) is 10.5. The van der Waals surface area contributed by atoms with Gasteiger partial charge in [0.1, 0.15) is 67.9 Å². The maximum atomic E-state index is 13.5. The van der Waals surface area contributed by atoms with E-state index < -0.39 is 85.0 Å². The number of benzene rings is 2. The largest absolute Gasteiger partial charge is 0.479 e. The number of carbonyl (C=O) groups is 5. The lowest BCUT2D eigenvalue weighted by Crippen LogP contribution is -2.61. The fraction of sp³-hybridized carbons (Fsp3) is 0.609. The van der Waals surface area contributed by atoms with E-state index in [2.05, 4.69) is 15.8 Å². The minimum atomic E-state index is -1.96. The Morgan fingerprint density at radius 3 is 1.60 bits per heavy atom. The number of nitrogens with zero attached hydrogens (tertiary/aromatic N) is 2. The molecule has 2 heterocycles. The standard InChI is InChI=1S/C46H66N4O22/c1-26(2)49-69-20-19-65-18-13-50(11-16-63-14-9-47-42(59)31-21-29(23-66-27(3)51)5-7-34(31)70-45-39(57)36(54)33(53)25-68-45)12-17-64-15-10-48-43(60)32-22-30(24-67-28(4)52)6-8-35(32)71-46-40(58)37(55)38(56)41(72-46)44(61)62/h5-8,21-22,33,36-41,45-46,53-58H,9-20,23-25H2,1-4H3,(H,47,59)(H,48,60)(H,61,62)/t33-,36+,37+,38+,39-,40-,41+,45+,46-/m1/s1. The highest BCUT2D eigenvalue weighted by atomic mass is 16.7. The lowest BCUT2D eigenvalue weighted by atomic mass is 9.99. The van der Waals surface area contributed by atoms with Gasteiger partial charge in [-0.1, -0.05) is 17.3 Å². The zero-order valence-electron chi connectivity index (χ0n) is 40.4. The van der Waals surface area contributed by atoms with Gasteiger partial charge in [-0.2, -0.15) is 0 Å². The summed E-state index contributed by atoms with van der Waals surface area (Å²) in [4.78, 5) is 68.6. The smallest absolute Gasteiger partial charge is 0.335 e. The van der Waals surface area contributed by atoms with Crippen molar-refractivity contribution in [3.63, 3.8) is 0 Å². The van der Waals surface area contributed by atoms with Crippen molar-refractivity contribution in [2.24, 2.45) is 5.16 Å². The molecule has 2 aliphatic heterocycles. The fourth-order valence-corrected chi connectivity index (χ4v) is 6.70. The zero-order valence-corrected chi connectivity index (χ0v) is 40.4. The van der Waals surface area contributed by atoms with Crippen molar-refractivity contribution in [3.05, 3.63) is 58.7 Å². The molecule has 0 spiro atoms. The van der Waals surface area contributed by atoms with E-state index in [-0.39, 0.29) is 95.2 Å². The average Bonchev–Trinajstić information content (AvgIpc) is 3.34.